The molecule has 0 aliphatic heterocycles. The van der Waals surface area contributed by atoms with E-state index in [9.17, 15) is 13.2 Å². The van der Waals surface area contributed by atoms with Crippen LogP contribution in [-0.2, 0) is 17.9 Å². The molecule has 1 rings (SSSR count). The lowest BCUT2D eigenvalue weighted by atomic mass is 10.3. The molecule has 0 aliphatic carbocycles. The minimum absolute atomic E-state index is 0.205. The minimum atomic E-state index is -4.32. The summed E-state index contributed by atoms with van der Waals surface area (Å²) in [7, 11) is 0. The highest BCUT2D eigenvalue weighted by molar-refractivity contribution is 5.03. The molecule has 0 unspecified atom stereocenters. The summed E-state index contributed by atoms with van der Waals surface area (Å²) >= 11 is 0. The van der Waals surface area contributed by atoms with E-state index in [0.29, 0.717) is 6.54 Å². The van der Waals surface area contributed by atoms with Crippen LogP contribution >= 0.6 is 0 Å². The SMILES string of the molecule is NCc1cnc(COCC(F)(F)F)nc1. The Bertz CT molecular complexity index is 299. The van der Waals surface area contributed by atoms with Crippen molar-refractivity contribution in [2.45, 2.75) is 19.3 Å². The van der Waals surface area contributed by atoms with Crippen molar-refractivity contribution in [3.8, 4) is 0 Å². The highest BCUT2D eigenvalue weighted by atomic mass is 19.4. The van der Waals surface area contributed by atoms with Gasteiger partial charge in [-0.2, -0.15) is 13.2 Å². The monoisotopic (exact) mass is 221 g/mol. The maximum Gasteiger partial charge on any atom is 0.411 e. The average molecular weight is 221 g/mol. The zero-order valence-corrected chi connectivity index (χ0v) is 7.79. The second kappa shape index (κ2) is 5.04. The van der Waals surface area contributed by atoms with Gasteiger partial charge in [0.25, 0.3) is 0 Å². The quantitative estimate of drug-likeness (QED) is 0.824. The topological polar surface area (TPSA) is 61.0 Å². The van der Waals surface area contributed by atoms with Gasteiger partial charge in [0.2, 0.25) is 0 Å². The fourth-order valence-corrected chi connectivity index (χ4v) is 0.820. The van der Waals surface area contributed by atoms with Crippen LogP contribution in [0.15, 0.2) is 12.4 Å². The summed E-state index contributed by atoms with van der Waals surface area (Å²) in [4.78, 5) is 7.57. The number of hydrogen-bond acceptors (Lipinski definition) is 4. The van der Waals surface area contributed by atoms with Crippen LogP contribution in [0.25, 0.3) is 0 Å². The number of alkyl halides is 3. The summed E-state index contributed by atoms with van der Waals surface area (Å²) in [5.74, 6) is 0.205. The summed E-state index contributed by atoms with van der Waals surface area (Å²) in [6.07, 6.45) is -1.41. The van der Waals surface area contributed by atoms with E-state index < -0.39 is 12.8 Å². The molecule has 15 heavy (non-hydrogen) atoms. The molecular weight excluding hydrogens is 211 g/mol. The maximum absolute atomic E-state index is 11.7. The third-order valence-electron chi connectivity index (χ3n) is 1.49. The normalized spacial score (nSPS) is 11.7. The largest absolute Gasteiger partial charge is 0.411 e. The lowest BCUT2D eigenvalue weighted by Gasteiger charge is -2.06. The minimum Gasteiger partial charge on any atom is -0.364 e. The number of halogens is 3. The fourth-order valence-electron chi connectivity index (χ4n) is 0.820. The van der Waals surface area contributed by atoms with Crippen LogP contribution in [0.5, 0.6) is 0 Å². The third kappa shape index (κ3) is 4.71. The Hall–Kier alpha value is -1.21. The van der Waals surface area contributed by atoms with Gasteiger partial charge in [-0.1, -0.05) is 0 Å². The van der Waals surface area contributed by atoms with Crippen LogP contribution in [0.4, 0.5) is 13.2 Å². The summed E-state index contributed by atoms with van der Waals surface area (Å²) in [6, 6.07) is 0. The average Bonchev–Trinajstić information content (AvgIpc) is 2.17. The molecule has 1 aromatic heterocycles. The Morgan fingerprint density at radius 3 is 2.33 bits per heavy atom. The number of ether oxygens (including phenoxy) is 1. The molecule has 0 bridgehead atoms. The van der Waals surface area contributed by atoms with Gasteiger partial charge in [-0.3, -0.25) is 0 Å². The molecular formula is C8H10F3N3O. The van der Waals surface area contributed by atoms with Gasteiger partial charge in [0, 0.05) is 24.5 Å². The van der Waals surface area contributed by atoms with Crippen molar-refractivity contribution >= 4 is 0 Å². The molecule has 0 saturated heterocycles. The second-order valence-corrected chi connectivity index (χ2v) is 2.82. The van der Waals surface area contributed by atoms with Gasteiger partial charge in [0.1, 0.15) is 13.2 Å². The molecule has 7 heteroatoms. The van der Waals surface area contributed by atoms with Crippen molar-refractivity contribution in [2.75, 3.05) is 6.61 Å². The highest BCUT2D eigenvalue weighted by Crippen LogP contribution is 2.14. The molecule has 1 aromatic rings. The molecule has 0 aromatic carbocycles. The summed E-state index contributed by atoms with van der Waals surface area (Å²) < 4.78 is 39.5. The van der Waals surface area contributed by atoms with E-state index in [1.807, 2.05) is 0 Å². The van der Waals surface area contributed by atoms with Gasteiger partial charge in [0.15, 0.2) is 5.82 Å². The Kier molecular flexibility index (Phi) is 3.98. The first kappa shape index (κ1) is 11.9. The molecule has 1 heterocycles. The van der Waals surface area contributed by atoms with E-state index in [4.69, 9.17) is 5.73 Å². The molecule has 0 saturated carbocycles. The molecule has 0 spiro atoms. The van der Waals surface area contributed by atoms with Crippen LogP contribution < -0.4 is 5.73 Å². The summed E-state index contributed by atoms with van der Waals surface area (Å²) in [5, 5.41) is 0. The van der Waals surface area contributed by atoms with Crippen LogP contribution in [0.2, 0.25) is 0 Å². The van der Waals surface area contributed by atoms with Crippen molar-refractivity contribution in [1.29, 1.82) is 0 Å². The van der Waals surface area contributed by atoms with E-state index in [-0.39, 0.29) is 12.4 Å². The number of nitrogens with zero attached hydrogens (tertiary/aromatic N) is 2. The smallest absolute Gasteiger partial charge is 0.364 e. The van der Waals surface area contributed by atoms with Crippen LogP contribution in [-0.4, -0.2) is 22.8 Å². The lowest BCUT2D eigenvalue weighted by Crippen LogP contribution is -2.17. The molecule has 0 aliphatic rings. The van der Waals surface area contributed by atoms with Crippen LogP contribution in [0, 0.1) is 0 Å². The van der Waals surface area contributed by atoms with Crippen molar-refractivity contribution in [2.24, 2.45) is 5.73 Å². The van der Waals surface area contributed by atoms with Crippen molar-refractivity contribution in [3.05, 3.63) is 23.8 Å². The lowest BCUT2D eigenvalue weighted by molar-refractivity contribution is -0.177. The Labute approximate surface area is 84.3 Å². The zero-order valence-electron chi connectivity index (χ0n) is 7.79. The first-order valence-corrected chi connectivity index (χ1v) is 4.15. The van der Waals surface area contributed by atoms with E-state index in [1.54, 1.807) is 0 Å². The maximum atomic E-state index is 11.7. The second-order valence-electron chi connectivity index (χ2n) is 2.82. The van der Waals surface area contributed by atoms with E-state index >= 15 is 0 Å². The van der Waals surface area contributed by atoms with Crippen LogP contribution in [0.1, 0.15) is 11.4 Å². The Morgan fingerprint density at radius 1 is 1.27 bits per heavy atom. The third-order valence-corrected chi connectivity index (χ3v) is 1.49. The van der Waals surface area contributed by atoms with Gasteiger partial charge in [0.05, 0.1) is 0 Å². The zero-order chi connectivity index (χ0) is 11.3. The van der Waals surface area contributed by atoms with Gasteiger partial charge >= 0.3 is 6.18 Å². The molecule has 0 fully saturated rings. The molecule has 0 radical (unpaired) electrons. The number of aromatic nitrogens is 2. The van der Waals surface area contributed by atoms with Gasteiger partial charge in [-0.15, -0.1) is 0 Å². The predicted molar refractivity (Wildman–Crippen MR) is 45.6 cm³/mol. The van der Waals surface area contributed by atoms with Crippen LogP contribution in [0.3, 0.4) is 0 Å². The van der Waals surface area contributed by atoms with Crippen molar-refractivity contribution < 1.29 is 17.9 Å². The summed E-state index contributed by atoms with van der Waals surface area (Å²) in [5.41, 5.74) is 6.01. The van der Waals surface area contributed by atoms with E-state index in [2.05, 4.69) is 14.7 Å². The molecule has 2 N–H and O–H groups in total. The van der Waals surface area contributed by atoms with Crippen molar-refractivity contribution in [1.82, 2.24) is 9.97 Å². The molecule has 4 nitrogen and oxygen atoms in total. The molecule has 84 valence electrons. The first-order valence-electron chi connectivity index (χ1n) is 4.15. The van der Waals surface area contributed by atoms with Crippen molar-refractivity contribution in [3.63, 3.8) is 0 Å². The predicted octanol–water partition coefficient (Wildman–Crippen LogP) is 1.01. The number of rotatable bonds is 4. The fraction of sp³-hybridized carbons (Fsp3) is 0.500. The van der Waals surface area contributed by atoms with Gasteiger partial charge in [-0.05, 0) is 0 Å². The highest BCUT2D eigenvalue weighted by Gasteiger charge is 2.27. The van der Waals surface area contributed by atoms with E-state index in [0.717, 1.165) is 5.56 Å². The Morgan fingerprint density at radius 2 is 1.87 bits per heavy atom. The molecule has 0 atom stereocenters. The van der Waals surface area contributed by atoms with Gasteiger partial charge in [-0.25, -0.2) is 9.97 Å². The summed E-state index contributed by atoms with van der Waals surface area (Å²) in [6.45, 7) is -1.26. The van der Waals surface area contributed by atoms with E-state index in [1.165, 1.54) is 12.4 Å². The Balaban J connectivity index is 2.38. The first-order chi connectivity index (χ1) is 7.01. The number of nitrogens with two attached hydrogens (primary N) is 1. The van der Waals surface area contributed by atoms with Gasteiger partial charge < -0.3 is 10.5 Å². The molecule has 0 amide bonds. The standard InChI is InChI=1S/C8H10F3N3O/c9-8(10,11)5-15-4-7-13-2-6(1-12)3-14-7/h2-3H,1,4-5,12H2. The number of hydrogen-bond donors (Lipinski definition) is 1.